The predicted octanol–water partition coefficient (Wildman–Crippen LogP) is 4.57. The van der Waals surface area contributed by atoms with Gasteiger partial charge in [-0.05, 0) is 36.8 Å². The Morgan fingerprint density at radius 1 is 1.03 bits per heavy atom. The van der Waals surface area contributed by atoms with Gasteiger partial charge in [-0.3, -0.25) is 9.59 Å². The van der Waals surface area contributed by atoms with Crippen LogP contribution in [0.15, 0.2) is 54.7 Å². The molecule has 2 amide bonds. The molecule has 1 N–H and O–H groups in total. The van der Waals surface area contributed by atoms with Gasteiger partial charge in [0.15, 0.2) is 5.69 Å². The number of aromatic nitrogens is 2. The first-order valence-electron chi connectivity index (χ1n) is 10.7. The van der Waals surface area contributed by atoms with Crippen LogP contribution >= 0.6 is 11.8 Å². The molecule has 2 aromatic carbocycles. The first-order chi connectivity index (χ1) is 16.2. The molecule has 10 heteroatoms. The molecule has 0 atom stereocenters. The fourth-order valence-corrected chi connectivity index (χ4v) is 4.58. The number of benzene rings is 2. The lowest BCUT2D eigenvalue weighted by molar-refractivity contribution is -0.143. The van der Waals surface area contributed by atoms with Crippen LogP contribution in [0.25, 0.3) is 5.69 Å². The molecule has 0 unspecified atom stereocenters. The fourth-order valence-electron chi connectivity index (χ4n) is 3.67. The van der Waals surface area contributed by atoms with Crippen molar-refractivity contribution in [2.75, 3.05) is 29.9 Å². The number of rotatable bonds is 5. The highest BCUT2D eigenvalue weighted by atomic mass is 32.2. The SMILES string of the molecule is Cc1ccc(-n2ncc(C(=O)Nc3ccc(CC(=O)N4CCSCC4)cc3)c2C(F)(F)F)cc1. The monoisotopic (exact) mass is 488 g/mol. The van der Waals surface area contributed by atoms with E-state index >= 15 is 0 Å². The number of nitrogens with one attached hydrogen (secondary N) is 1. The van der Waals surface area contributed by atoms with Gasteiger partial charge in [0.05, 0.1) is 23.9 Å². The summed E-state index contributed by atoms with van der Waals surface area (Å²) in [7, 11) is 0. The van der Waals surface area contributed by atoms with Crippen LogP contribution in [0.1, 0.15) is 27.2 Å². The minimum Gasteiger partial charge on any atom is -0.341 e. The first kappa shape index (κ1) is 23.9. The number of alkyl halides is 3. The van der Waals surface area contributed by atoms with Crippen molar-refractivity contribution in [3.63, 3.8) is 0 Å². The van der Waals surface area contributed by atoms with Crippen LogP contribution < -0.4 is 5.32 Å². The lowest BCUT2D eigenvalue weighted by atomic mass is 10.1. The van der Waals surface area contributed by atoms with Crippen LogP contribution in [0, 0.1) is 6.92 Å². The molecule has 1 fully saturated rings. The van der Waals surface area contributed by atoms with E-state index < -0.39 is 23.3 Å². The Kier molecular flexibility index (Phi) is 6.97. The van der Waals surface area contributed by atoms with Crippen LogP contribution in [0.3, 0.4) is 0 Å². The number of hydrogen-bond donors (Lipinski definition) is 1. The Labute approximate surface area is 199 Å². The molecular weight excluding hydrogens is 465 g/mol. The summed E-state index contributed by atoms with van der Waals surface area (Å²) in [6, 6.07) is 12.9. The van der Waals surface area contributed by atoms with E-state index in [-0.39, 0.29) is 18.0 Å². The van der Waals surface area contributed by atoms with Crippen molar-refractivity contribution in [2.24, 2.45) is 0 Å². The highest BCUT2D eigenvalue weighted by Gasteiger charge is 2.40. The second-order valence-corrected chi connectivity index (χ2v) is 9.20. The number of anilines is 1. The van der Waals surface area contributed by atoms with E-state index in [9.17, 15) is 22.8 Å². The summed E-state index contributed by atoms with van der Waals surface area (Å²) in [5.74, 6) is 0.976. The number of amides is 2. The average Bonchev–Trinajstić information content (AvgIpc) is 3.27. The molecule has 1 aromatic heterocycles. The molecule has 1 saturated heterocycles. The van der Waals surface area contributed by atoms with Gasteiger partial charge in [0.2, 0.25) is 5.91 Å². The number of carbonyl (C=O) groups is 2. The third-order valence-corrected chi connectivity index (χ3v) is 6.43. The van der Waals surface area contributed by atoms with E-state index in [1.807, 2.05) is 23.6 Å². The minimum atomic E-state index is -4.79. The van der Waals surface area contributed by atoms with Gasteiger partial charge >= 0.3 is 6.18 Å². The molecule has 2 heterocycles. The number of nitrogens with zero attached hydrogens (tertiary/aromatic N) is 3. The standard InChI is InChI=1S/C24H23F3N4O2S/c1-16-2-8-19(9-3-16)31-22(24(25,26)27)20(15-28-31)23(33)29-18-6-4-17(5-7-18)14-21(32)30-10-12-34-13-11-30/h2-9,15H,10-14H2,1H3,(H,29,33). The van der Waals surface area contributed by atoms with Gasteiger partial charge in [-0.1, -0.05) is 29.8 Å². The highest BCUT2D eigenvalue weighted by molar-refractivity contribution is 7.99. The van der Waals surface area contributed by atoms with Crippen molar-refractivity contribution in [3.05, 3.63) is 77.1 Å². The van der Waals surface area contributed by atoms with Gasteiger partial charge in [-0.15, -0.1) is 0 Å². The number of aryl methyl sites for hydroxylation is 1. The third-order valence-electron chi connectivity index (χ3n) is 5.49. The van der Waals surface area contributed by atoms with Crippen LogP contribution in [0.4, 0.5) is 18.9 Å². The van der Waals surface area contributed by atoms with Crippen LogP contribution in [0.2, 0.25) is 0 Å². The first-order valence-corrected chi connectivity index (χ1v) is 11.9. The number of halogens is 3. The maximum Gasteiger partial charge on any atom is 0.434 e. The normalized spacial score (nSPS) is 14.2. The summed E-state index contributed by atoms with van der Waals surface area (Å²) in [5, 5.41) is 6.33. The quantitative estimate of drug-likeness (QED) is 0.572. The Hall–Kier alpha value is -3.27. The Morgan fingerprint density at radius 3 is 2.29 bits per heavy atom. The zero-order valence-corrected chi connectivity index (χ0v) is 19.2. The summed E-state index contributed by atoms with van der Waals surface area (Å²) in [4.78, 5) is 27.0. The molecule has 1 aliphatic rings. The highest BCUT2D eigenvalue weighted by Crippen LogP contribution is 2.34. The second-order valence-electron chi connectivity index (χ2n) is 7.97. The van der Waals surface area contributed by atoms with Crippen LogP contribution in [-0.2, 0) is 17.4 Å². The predicted molar refractivity (Wildman–Crippen MR) is 125 cm³/mol. The minimum absolute atomic E-state index is 0.0374. The summed E-state index contributed by atoms with van der Waals surface area (Å²) < 4.78 is 42.3. The van der Waals surface area contributed by atoms with E-state index in [0.717, 1.165) is 46.6 Å². The average molecular weight is 489 g/mol. The number of thioether (sulfide) groups is 1. The largest absolute Gasteiger partial charge is 0.434 e. The van der Waals surface area contributed by atoms with Crippen molar-refractivity contribution in [2.45, 2.75) is 19.5 Å². The second kappa shape index (κ2) is 9.92. The van der Waals surface area contributed by atoms with Crippen molar-refractivity contribution in [3.8, 4) is 5.69 Å². The maximum absolute atomic E-state index is 13.9. The Bertz CT molecular complexity index is 1170. The zero-order chi connectivity index (χ0) is 24.3. The Morgan fingerprint density at radius 2 is 1.68 bits per heavy atom. The number of carbonyl (C=O) groups excluding carboxylic acids is 2. The molecular formula is C24H23F3N4O2S. The van der Waals surface area contributed by atoms with Crippen molar-refractivity contribution in [1.82, 2.24) is 14.7 Å². The van der Waals surface area contributed by atoms with E-state index in [4.69, 9.17) is 0 Å². The zero-order valence-electron chi connectivity index (χ0n) is 18.4. The molecule has 34 heavy (non-hydrogen) atoms. The number of hydrogen-bond acceptors (Lipinski definition) is 4. The molecule has 0 bridgehead atoms. The Balaban J connectivity index is 1.49. The van der Waals surface area contributed by atoms with Crippen molar-refractivity contribution >= 4 is 29.3 Å². The van der Waals surface area contributed by atoms with Gasteiger partial charge < -0.3 is 10.2 Å². The van der Waals surface area contributed by atoms with Crippen LogP contribution in [0.5, 0.6) is 0 Å². The van der Waals surface area contributed by atoms with Gasteiger partial charge in [0.25, 0.3) is 5.91 Å². The van der Waals surface area contributed by atoms with Gasteiger partial charge in [0.1, 0.15) is 0 Å². The third kappa shape index (κ3) is 5.44. The summed E-state index contributed by atoms with van der Waals surface area (Å²) in [6.07, 6.45) is -3.63. The van der Waals surface area contributed by atoms with E-state index in [1.54, 1.807) is 36.4 Å². The molecule has 0 aliphatic carbocycles. The van der Waals surface area contributed by atoms with E-state index in [1.165, 1.54) is 12.1 Å². The van der Waals surface area contributed by atoms with Gasteiger partial charge in [-0.25, -0.2) is 4.68 Å². The molecule has 6 nitrogen and oxygen atoms in total. The smallest absolute Gasteiger partial charge is 0.341 e. The van der Waals surface area contributed by atoms with Crippen molar-refractivity contribution in [1.29, 1.82) is 0 Å². The molecule has 0 radical (unpaired) electrons. The maximum atomic E-state index is 13.9. The van der Waals surface area contributed by atoms with E-state index in [2.05, 4.69) is 10.4 Å². The molecule has 3 aromatic rings. The summed E-state index contributed by atoms with van der Waals surface area (Å²) in [5.41, 5.74) is 0.475. The molecule has 1 aliphatic heterocycles. The molecule has 178 valence electrons. The molecule has 0 spiro atoms. The topological polar surface area (TPSA) is 67.2 Å². The van der Waals surface area contributed by atoms with Gasteiger partial charge in [-0.2, -0.15) is 30.0 Å². The fraction of sp³-hybridized carbons (Fsp3) is 0.292. The lowest BCUT2D eigenvalue weighted by Gasteiger charge is -2.26. The molecule has 0 saturated carbocycles. The lowest BCUT2D eigenvalue weighted by Crippen LogP contribution is -2.38. The van der Waals surface area contributed by atoms with Gasteiger partial charge in [0, 0.05) is 30.3 Å². The van der Waals surface area contributed by atoms with E-state index in [0.29, 0.717) is 5.69 Å². The van der Waals surface area contributed by atoms with Crippen LogP contribution in [-0.4, -0.2) is 51.1 Å². The molecule has 4 rings (SSSR count). The summed E-state index contributed by atoms with van der Waals surface area (Å²) >= 11 is 1.82. The summed E-state index contributed by atoms with van der Waals surface area (Å²) in [6.45, 7) is 3.29. The van der Waals surface area contributed by atoms with Crippen molar-refractivity contribution < 1.29 is 22.8 Å².